The van der Waals surface area contributed by atoms with Crippen LogP contribution in [-0.4, -0.2) is 122 Å². The highest BCUT2D eigenvalue weighted by Crippen LogP contribution is 2.39. The van der Waals surface area contributed by atoms with Gasteiger partial charge in [0.1, 0.15) is 24.2 Å². The number of cyclic esters (lactones) is 1. The van der Waals surface area contributed by atoms with Crippen LogP contribution in [0.4, 0.5) is 0 Å². The zero-order valence-electron chi connectivity index (χ0n) is 26.4. The van der Waals surface area contributed by atoms with Gasteiger partial charge in [-0.05, 0) is 19.9 Å². The van der Waals surface area contributed by atoms with E-state index >= 15 is 0 Å². The van der Waals surface area contributed by atoms with Crippen molar-refractivity contribution in [2.75, 3.05) is 0 Å². The van der Waals surface area contributed by atoms with Gasteiger partial charge in [-0.3, -0.25) is 4.79 Å². The van der Waals surface area contributed by atoms with Crippen molar-refractivity contribution in [2.24, 2.45) is 11.7 Å². The Bertz CT molecular complexity index is 1220. The third kappa shape index (κ3) is 10.6. The number of esters is 1. The number of aliphatic carboxylic acids is 1. The lowest BCUT2D eigenvalue weighted by atomic mass is 9.83. The molecule has 0 aromatic carbocycles. The van der Waals surface area contributed by atoms with E-state index in [2.05, 4.69) is 0 Å². The Hall–Kier alpha value is -2.76. The smallest absolute Gasteiger partial charge is 0.330 e. The predicted octanol–water partition coefficient (Wildman–Crippen LogP) is 0.120. The molecule has 3 saturated heterocycles. The summed E-state index contributed by atoms with van der Waals surface area (Å²) >= 11 is 0. The predicted molar refractivity (Wildman–Crippen MR) is 165 cm³/mol. The Morgan fingerprint density at radius 1 is 0.936 bits per heavy atom. The number of nitrogens with two attached hydrogens (primary N) is 1. The first-order valence-electron chi connectivity index (χ1n) is 15.9. The van der Waals surface area contributed by atoms with Crippen LogP contribution < -0.4 is 5.73 Å². The van der Waals surface area contributed by atoms with Gasteiger partial charge in [-0.15, -0.1) is 0 Å². The standard InChI is InChI=1S/C33H47NO13/c1-18-10-8-6-4-3-5-7-9-11-21(45-32-30(39)28(34)29(38)19(2)44-32)15-25-27(31(40)41)22(36)17-33(42,47-25)16-20(35)14-24-23(46-24)12-13-26(37)43-18/h3-9,11-13,18-25,27-30,32,35-36,38-39,42H,10,14-17,34H2,1-2H3,(H,40,41)/b4-3-,7-5+,8-6+,11-9+,13-12+/t18-,19-,20+,21+,22+,23-,24?,25?,27-,28+,29-,30+,32+,33-/m1/s1. The highest BCUT2D eigenvalue weighted by Gasteiger charge is 2.51. The molecule has 0 spiro atoms. The third-order valence-corrected chi connectivity index (χ3v) is 8.58. The minimum Gasteiger partial charge on any atom is -0.481 e. The average Bonchev–Trinajstić information content (AvgIpc) is 3.72. The van der Waals surface area contributed by atoms with E-state index in [4.69, 9.17) is 29.4 Å². The van der Waals surface area contributed by atoms with Crippen LogP contribution in [0.25, 0.3) is 0 Å². The van der Waals surface area contributed by atoms with E-state index in [0.29, 0.717) is 6.42 Å². The van der Waals surface area contributed by atoms with Crippen molar-refractivity contribution in [1.82, 2.24) is 0 Å². The normalized spacial score (nSPS) is 47.2. The fourth-order valence-corrected chi connectivity index (χ4v) is 6.00. The number of carboxylic acid groups (broad SMARTS) is 1. The quantitative estimate of drug-likeness (QED) is 0.157. The third-order valence-electron chi connectivity index (χ3n) is 8.58. The maximum absolute atomic E-state index is 12.3. The zero-order chi connectivity index (χ0) is 34.3. The van der Waals surface area contributed by atoms with Gasteiger partial charge in [-0.2, -0.15) is 0 Å². The molecule has 4 rings (SSSR count). The molecule has 14 heteroatoms. The van der Waals surface area contributed by atoms with Crippen LogP contribution in [0.15, 0.2) is 60.8 Å². The average molecular weight is 666 g/mol. The van der Waals surface area contributed by atoms with E-state index in [0.717, 1.165) is 0 Å². The molecule has 0 radical (unpaired) electrons. The molecule has 3 fully saturated rings. The van der Waals surface area contributed by atoms with Crippen molar-refractivity contribution in [3.63, 3.8) is 0 Å². The molecule has 0 aliphatic carbocycles. The summed E-state index contributed by atoms with van der Waals surface area (Å²) in [4.78, 5) is 24.4. The zero-order valence-corrected chi connectivity index (χ0v) is 26.4. The lowest BCUT2D eigenvalue weighted by molar-refractivity contribution is -0.308. The Kier molecular flexibility index (Phi) is 13.1. The van der Waals surface area contributed by atoms with Crippen molar-refractivity contribution < 1.29 is 63.9 Å². The number of hydrogen-bond acceptors (Lipinski definition) is 13. The van der Waals surface area contributed by atoms with Gasteiger partial charge in [0.15, 0.2) is 12.1 Å². The van der Waals surface area contributed by atoms with Crippen LogP contribution in [0.5, 0.6) is 0 Å². The van der Waals surface area contributed by atoms with Crippen LogP contribution in [0, 0.1) is 5.92 Å². The summed E-state index contributed by atoms with van der Waals surface area (Å²) in [7, 11) is 0. The number of fused-ring (bicyclic) bond motifs is 3. The Balaban J connectivity index is 1.58. The lowest BCUT2D eigenvalue weighted by Gasteiger charge is -2.45. The Labute approximate surface area is 273 Å². The number of allylic oxidation sites excluding steroid dienone is 6. The van der Waals surface area contributed by atoms with E-state index in [-0.39, 0.29) is 25.4 Å². The largest absolute Gasteiger partial charge is 0.481 e. The molecular formula is C33H47NO13. The second-order valence-electron chi connectivity index (χ2n) is 12.6. The number of epoxide rings is 1. The molecule has 0 aromatic heterocycles. The van der Waals surface area contributed by atoms with Gasteiger partial charge >= 0.3 is 11.9 Å². The number of aliphatic hydroxyl groups is 5. The first kappa shape index (κ1) is 37.1. The summed E-state index contributed by atoms with van der Waals surface area (Å²) < 4.78 is 28.5. The van der Waals surface area contributed by atoms with Gasteiger partial charge in [0.05, 0.1) is 48.8 Å². The van der Waals surface area contributed by atoms with Crippen LogP contribution in [-0.2, 0) is 33.3 Å². The first-order chi connectivity index (χ1) is 22.3. The Morgan fingerprint density at radius 3 is 2.36 bits per heavy atom. The van der Waals surface area contributed by atoms with Gasteiger partial charge in [-0.1, -0.05) is 48.6 Å². The highest BCUT2D eigenvalue weighted by molar-refractivity contribution is 5.82. The molecule has 8 N–H and O–H groups in total. The van der Waals surface area contributed by atoms with Crippen molar-refractivity contribution >= 4 is 11.9 Å². The molecule has 0 saturated carbocycles. The SMILES string of the molecule is C[C@@H]1C/C=C/C=C\C=C\C=C\[C@H](O[C@@H]2O[C@H](C)[C@@H](O)[C@H](N)[C@@H]2O)CC2O[C@](O)(C[C@@H](O)CC3O[C@@H]3/C=C/C(=O)O1)C[C@H](O)[C@H]2C(=O)O. The summed E-state index contributed by atoms with van der Waals surface area (Å²) in [6, 6.07) is -1.08. The monoisotopic (exact) mass is 665 g/mol. The lowest BCUT2D eigenvalue weighted by Crippen LogP contribution is -2.61. The molecule has 14 atom stereocenters. The number of rotatable bonds is 3. The number of ether oxygens (including phenoxy) is 5. The minimum atomic E-state index is -2.10. The maximum Gasteiger partial charge on any atom is 0.330 e. The van der Waals surface area contributed by atoms with Gasteiger partial charge < -0.3 is 60.1 Å². The van der Waals surface area contributed by atoms with Gasteiger partial charge in [0.2, 0.25) is 0 Å². The van der Waals surface area contributed by atoms with Gasteiger partial charge in [-0.25, -0.2) is 4.79 Å². The summed E-state index contributed by atoms with van der Waals surface area (Å²) in [6.45, 7) is 3.34. The van der Waals surface area contributed by atoms with Crippen LogP contribution in [0.2, 0.25) is 0 Å². The maximum atomic E-state index is 12.3. The molecule has 4 aliphatic rings. The molecule has 47 heavy (non-hydrogen) atoms. The molecule has 262 valence electrons. The van der Waals surface area contributed by atoms with E-state index in [1.165, 1.54) is 12.2 Å². The van der Waals surface area contributed by atoms with Crippen LogP contribution in [0.3, 0.4) is 0 Å². The molecule has 0 aromatic rings. The highest BCUT2D eigenvalue weighted by atomic mass is 16.7. The van der Waals surface area contributed by atoms with Gasteiger partial charge in [0, 0.05) is 38.2 Å². The van der Waals surface area contributed by atoms with Crippen LogP contribution in [0.1, 0.15) is 46.0 Å². The molecule has 2 bridgehead atoms. The second-order valence-corrected chi connectivity index (χ2v) is 12.6. The van der Waals surface area contributed by atoms with E-state index in [9.17, 15) is 40.2 Å². The van der Waals surface area contributed by atoms with E-state index < -0.39 is 97.3 Å². The summed E-state index contributed by atoms with van der Waals surface area (Å²) in [5.74, 6) is -5.45. The molecule has 4 aliphatic heterocycles. The van der Waals surface area contributed by atoms with Crippen molar-refractivity contribution in [3.05, 3.63) is 60.8 Å². The van der Waals surface area contributed by atoms with E-state index in [1.807, 2.05) is 6.08 Å². The van der Waals surface area contributed by atoms with Crippen molar-refractivity contribution in [1.29, 1.82) is 0 Å². The molecular weight excluding hydrogens is 618 g/mol. The van der Waals surface area contributed by atoms with Gasteiger partial charge in [0.25, 0.3) is 0 Å². The second kappa shape index (κ2) is 16.6. The fraction of sp³-hybridized carbons (Fsp3) is 0.636. The minimum absolute atomic E-state index is 0.0789. The number of aliphatic hydroxyl groups excluding tert-OH is 4. The Morgan fingerprint density at radius 2 is 1.64 bits per heavy atom. The van der Waals surface area contributed by atoms with Crippen molar-refractivity contribution in [2.45, 2.75) is 125 Å². The molecule has 2 unspecified atom stereocenters. The summed E-state index contributed by atoms with van der Waals surface area (Å²) in [5.41, 5.74) is 5.98. The fourth-order valence-electron chi connectivity index (χ4n) is 6.00. The first-order valence-corrected chi connectivity index (χ1v) is 15.9. The summed E-state index contributed by atoms with van der Waals surface area (Å²) in [5, 5.41) is 63.9. The number of hydrogen-bond donors (Lipinski definition) is 7. The number of carbonyl (C=O) groups is 2. The van der Waals surface area contributed by atoms with Crippen molar-refractivity contribution in [3.8, 4) is 0 Å². The molecule has 14 nitrogen and oxygen atoms in total. The number of carboxylic acids is 1. The van der Waals surface area contributed by atoms with E-state index in [1.54, 1.807) is 56.4 Å². The van der Waals surface area contributed by atoms with Crippen LogP contribution >= 0.6 is 0 Å². The number of carbonyl (C=O) groups excluding carboxylic acids is 1. The molecule has 0 amide bonds. The summed E-state index contributed by atoms with van der Waals surface area (Å²) in [6.07, 6.45) is 5.25. The molecule has 4 heterocycles. The topological polar surface area (TPSA) is 231 Å².